The van der Waals surface area contributed by atoms with Gasteiger partial charge in [0.2, 0.25) is 0 Å². The summed E-state index contributed by atoms with van der Waals surface area (Å²) in [6.07, 6.45) is 5.91. The van der Waals surface area contributed by atoms with E-state index in [9.17, 15) is 0 Å². The summed E-state index contributed by atoms with van der Waals surface area (Å²) in [6, 6.07) is 24.6. The predicted molar refractivity (Wildman–Crippen MR) is 106 cm³/mol. The molecule has 0 radical (unpaired) electrons. The SMILES string of the molecule is CC1CCC(c2ccccc2)=c2c1ccc1c2=CCc2ccccc2-1. The fraction of sp³-hybridized carbons (Fsp3) is 0.200. The van der Waals surface area contributed by atoms with Crippen LogP contribution in [0.4, 0.5) is 0 Å². The van der Waals surface area contributed by atoms with Crippen LogP contribution in [0.3, 0.4) is 0 Å². The molecule has 2 aliphatic carbocycles. The van der Waals surface area contributed by atoms with E-state index in [1.54, 1.807) is 0 Å². The highest BCUT2D eigenvalue weighted by atomic mass is 14.2. The number of rotatable bonds is 1. The monoisotopic (exact) mass is 322 g/mol. The summed E-state index contributed by atoms with van der Waals surface area (Å²) in [5.74, 6) is 0.637. The van der Waals surface area contributed by atoms with Crippen molar-refractivity contribution in [3.63, 3.8) is 0 Å². The topological polar surface area (TPSA) is 0 Å². The Kier molecular flexibility index (Phi) is 3.38. The molecule has 0 bridgehead atoms. The molecule has 2 aliphatic rings. The smallest absolute Gasteiger partial charge is 0.00818 e. The number of hydrogen-bond acceptors (Lipinski definition) is 0. The van der Waals surface area contributed by atoms with Crippen LogP contribution < -0.4 is 10.4 Å². The highest BCUT2D eigenvalue weighted by molar-refractivity contribution is 5.77. The van der Waals surface area contributed by atoms with Crippen molar-refractivity contribution in [3.8, 4) is 11.1 Å². The molecule has 0 amide bonds. The van der Waals surface area contributed by atoms with Crippen LogP contribution in [-0.2, 0) is 6.42 Å². The summed E-state index contributed by atoms with van der Waals surface area (Å²) in [5.41, 5.74) is 8.70. The number of fused-ring (bicyclic) bond motifs is 5. The molecular formula is C25H22. The lowest BCUT2D eigenvalue weighted by atomic mass is 9.79. The zero-order chi connectivity index (χ0) is 16.8. The molecule has 0 nitrogen and oxygen atoms in total. The van der Waals surface area contributed by atoms with Crippen LogP contribution in [-0.4, -0.2) is 0 Å². The zero-order valence-corrected chi connectivity index (χ0v) is 14.6. The second kappa shape index (κ2) is 5.74. The minimum atomic E-state index is 0.637. The van der Waals surface area contributed by atoms with E-state index in [1.165, 1.54) is 56.7 Å². The van der Waals surface area contributed by atoms with Crippen molar-refractivity contribution in [2.45, 2.75) is 32.1 Å². The van der Waals surface area contributed by atoms with Gasteiger partial charge >= 0.3 is 0 Å². The van der Waals surface area contributed by atoms with E-state index in [2.05, 4.69) is 79.7 Å². The van der Waals surface area contributed by atoms with Gasteiger partial charge in [0, 0.05) is 0 Å². The molecule has 0 N–H and O–H groups in total. The predicted octanol–water partition coefficient (Wildman–Crippen LogP) is 4.79. The fourth-order valence-electron chi connectivity index (χ4n) is 4.57. The van der Waals surface area contributed by atoms with Crippen molar-refractivity contribution in [2.75, 3.05) is 0 Å². The van der Waals surface area contributed by atoms with Crippen LogP contribution in [0.1, 0.15) is 42.4 Å². The van der Waals surface area contributed by atoms with Crippen LogP contribution in [0.25, 0.3) is 22.8 Å². The third-order valence-electron chi connectivity index (χ3n) is 5.89. The number of hydrogen-bond donors (Lipinski definition) is 0. The standard InChI is InChI=1S/C25H22/c1-17-11-13-22(18-7-3-2-4-8-18)25-20(17)15-16-23-21-10-6-5-9-19(21)12-14-24(23)25/h2-10,14-17H,11-13H2,1H3. The Balaban J connectivity index is 1.91. The van der Waals surface area contributed by atoms with Crippen molar-refractivity contribution >= 4 is 11.6 Å². The molecule has 1 atom stereocenters. The van der Waals surface area contributed by atoms with E-state index in [1.807, 2.05) is 0 Å². The quantitative estimate of drug-likeness (QED) is 0.604. The Morgan fingerprint density at radius 2 is 1.60 bits per heavy atom. The summed E-state index contributed by atoms with van der Waals surface area (Å²) in [4.78, 5) is 0. The Morgan fingerprint density at radius 1 is 0.800 bits per heavy atom. The van der Waals surface area contributed by atoms with E-state index < -0.39 is 0 Å². The summed E-state index contributed by atoms with van der Waals surface area (Å²) < 4.78 is 0. The molecule has 0 heterocycles. The minimum absolute atomic E-state index is 0.637. The van der Waals surface area contributed by atoms with Gasteiger partial charge < -0.3 is 0 Å². The van der Waals surface area contributed by atoms with E-state index in [-0.39, 0.29) is 0 Å². The molecule has 0 saturated carbocycles. The summed E-state index contributed by atoms with van der Waals surface area (Å²) in [5, 5.41) is 2.97. The van der Waals surface area contributed by atoms with Crippen molar-refractivity contribution in [1.29, 1.82) is 0 Å². The normalized spacial score (nSPS) is 18.0. The Bertz CT molecular complexity index is 1070. The third kappa shape index (κ3) is 2.28. The van der Waals surface area contributed by atoms with Gasteiger partial charge in [-0.25, -0.2) is 0 Å². The average Bonchev–Trinajstić information content (AvgIpc) is 2.68. The molecule has 0 fully saturated rings. The van der Waals surface area contributed by atoms with Crippen LogP contribution in [0.5, 0.6) is 0 Å². The first-order valence-electron chi connectivity index (χ1n) is 9.33. The van der Waals surface area contributed by atoms with Gasteiger partial charge in [-0.05, 0) is 69.0 Å². The van der Waals surface area contributed by atoms with Gasteiger partial charge in [0.1, 0.15) is 0 Å². The highest BCUT2D eigenvalue weighted by Crippen LogP contribution is 2.31. The third-order valence-corrected chi connectivity index (χ3v) is 5.89. The molecule has 5 rings (SSSR count). The van der Waals surface area contributed by atoms with Crippen molar-refractivity contribution < 1.29 is 0 Å². The maximum absolute atomic E-state index is 2.46. The van der Waals surface area contributed by atoms with Gasteiger partial charge in [0.05, 0.1) is 0 Å². The van der Waals surface area contributed by atoms with Crippen LogP contribution >= 0.6 is 0 Å². The minimum Gasteiger partial charge on any atom is -0.0716 e. The number of benzene rings is 3. The van der Waals surface area contributed by atoms with Gasteiger partial charge in [-0.15, -0.1) is 0 Å². The maximum atomic E-state index is 2.46. The van der Waals surface area contributed by atoms with Crippen molar-refractivity contribution in [3.05, 3.63) is 93.9 Å². The molecule has 0 heteroatoms. The van der Waals surface area contributed by atoms with E-state index in [4.69, 9.17) is 0 Å². The Labute approximate surface area is 149 Å². The van der Waals surface area contributed by atoms with Crippen molar-refractivity contribution in [1.82, 2.24) is 0 Å². The zero-order valence-electron chi connectivity index (χ0n) is 14.6. The Hall–Kier alpha value is -2.60. The first-order valence-corrected chi connectivity index (χ1v) is 9.33. The average molecular weight is 322 g/mol. The lowest BCUT2D eigenvalue weighted by Crippen LogP contribution is -2.37. The molecule has 3 aromatic carbocycles. The van der Waals surface area contributed by atoms with Gasteiger partial charge in [0.15, 0.2) is 0 Å². The van der Waals surface area contributed by atoms with Crippen LogP contribution in [0, 0.1) is 0 Å². The van der Waals surface area contributed by atoms with Crippen molar-refractivity contribution in [2.24, 2.45) is 0 Å². The second-order valence-electron chi connectivity index (χ2n) is 7.34. The van der Waals surface area contributed by atoms with Gasteiger partial charge in [-0.2, -0.15) is 0 Å². The van der Waals surface area contributed by atoms with E-state index >= 15 is 0 Å². The first-order chi connectivity index (χ1) is 12.3. The van der Waals surface area contributed by atoms with Gasteiger partial charge in [0.25, 0.3) is 0 Å². The van der Waals surface area contributed by atoms with E-state index in [0.29, 0.717) is 5.92 Å². The molecule has 3 aromatic rings. The molecule has 25 heavy (non-hydrogen) atoms. The molecule has 1 unspecified atom stereocenters. The maximum Gasteiger partial charge on any atom is -0.00818 e. The van der Waals surface area contributed by atoms with Crippen LogP contribution in [0.2, 0.25) is 0 Å². The van der Waals surface area contributed by atoms with Gasteiger partial charge in [-0.3, -0.25) is 0 Å². The largest absolute Gasteiger partial charge is 0.0716 e. The summed E-state index contributed by atoms with van der Waals surface area (Å²) in [7, 11) is 0. The summed E-state index contributed by atoms with van der Waals surface area (Å²) in [6.45, 7) is 2.38. The van der Waals surface area contributed by atoms with Crippen LogP contribution in [0.15, 0.2) is 66.7 Å². The fourth-order valence-corrected chi connectivity index (χ4v) is 4.57. The molecule has 0 saturated heterocycles. The molecule has 0 spiro atoms. The molecule has 0 aliphatic heterocycles. The summed E-state index contributed by atoms with van der Waals surface area (Å²) >= 11 is 0. The molecular weight excluding hydrogens is 300 g/mol. The lowest BCUT2D eigenvalue weighted by molar-refractivity contribution is 0.673. The Morgan fingerprint density at radius 3 is 2.48 bits per heavy atom. The first kappa shape index (κ1) is 14.7. The lowest BCUT2D eigenvalue weighted by Gasteiger charge is -2.25. The highest BCUT2D eigenvalue weighted by Gasteiger charge is 2.21. The van der Waals surface area contributed by atoms with Gasteiger partial charge in [-0.1, -0.05) is 79.7 Å². The molecule has 122 valence electrons. The van der Waals surface area contributed by atoms with E-state index in [0.717, 1.165) is 6.42 Å². The second-order valence-corrected chi connectivity index (χ2v) is 7.34. The molecule has 0 aromatic heterocycles.